The van der Waals surface area contributed by atoms with Crippen molar-refractivity contribution in [1.82, 2.24) is 0 Å². The molecule has 0 saturated carbocycles. The first kappa shape index (κ1) is 13.1. The first-order valence-electron chi connectivity index (χ1n) is 5.51. The van der Waals surface area contributed by atoms with E-state index >= 15 is 0 Å². The molecule has 0 radical (unpaired) electrons. The van der Waals surface area contributed by atoms with Gasteiger partial charge in [-0.05, 0) is 31.4 Å². The van der Waals surface area contributed by atoms with E-state index in [4.69, 9.17) is 0 Å². The highest BCUT2D eigenvalue weighted by molar-refractivity contribution is 7.16. The SMILES string of the molecule is Cc1cc(C(F)(F)F)sc1NC(=O)C1CC=CC1. The summed E-state index contributed by atoms with van der Waals surface area (Å²) in [5.41, 5.74) is 0.451. The van der Waals surface area contributed by atoms with Gasteiger partial charge in [-0.15, -0.1) is 11.3 Å². The molecule has 1 aromatic rings. The summed E-state index contributed by atoms with van der Waals surface area (Å²) in [6.45, 7) is 1.56. The number of halogens is 3. The topological polar surface area (TPSA) is 29.1 Å². The van der Waals surface area contributed by atoms with Gasteiger partial charge in [-0.3, -0.25) is 4.79 Å². The maximum atomic E-state index is 12.5. The van der Waals surface area contributed by atoms with Crippen molar-refractivity contribution in [1.29, 1.82) is 0 Å². The number of nitrogens with one attached hydrogen (secondary N) is 1. The lowest BCUT2D eigenvalue weighted by atomic mass is 10.1. The molecule has 0 saturated heterocycles. The normalized spacial score (nSPS) is 16.2. The Morgan fingerprint density at radius 2 is 2.00 bits per heavy atom. The van der Waals surface area contributed by atoms with Crippen molar-refractivity contribution in [3.05, 3.63) is 28.7 Å². The zero-order chi connectivity index (χ0) is 13.3. The highest BCUT2D eigenvalue weighted by atomic mass is 32.1. The van der Waals surface area contributed by atoms with Crippen LogP contribution in [0.25, 0.3) is 0 Å². The van der Waals surface area contributed by atoms with Crippen LogP contribution in [0, 0.1) is 12.8 Å². The number of rotatable bonds is 2. The lowest BCUT2D eigenvalue weighted by Gasteiger charge is -2.09. The summed E-state index contributed by atoms with van der Waals surface area (Å²) in [5, 5.41) is 2.88. The van der Waals surface area contributed by atoms with Gasteiger partial charge in [-0.25, -0.2) is 0 Å². The van der Waals surface area contributed by atoms with Crippen LogP contribution in [0.2, 0.25) is 0 Å². The number of hydrogen-bond acceptors (Lipinski definition) is 2. The number of hydrogen-bond donors (Lipinski definition) is 1. The van der Waals surface area contributed by atoms with Gasteiger partial charge in [0.1, 0.15) is 4.88 Å². The van der Waals surface area contributed by atoms with Gasteiger partial charge >= 0.3 is 6.18 Å². The van der Waals surface area contributed by atoms with E-state index in [9.17, 15) is 18.0 Å². The number of alkyl halides is 3. The Kier molecular flexibility index (Phi) is 3.47. The van der Waals surface area contributed by atoms with E-state index in [0.717, 1.165) is 6.07 Å². The Morgan fingerprint density at radius 1 is 1.39 bits per heavy atom. The number of amides is 1. The molecule has 1 aliphatic rings. The average molecular weight is 275 g/mol. The highest BCUT2D eigenvalue weighted by Crippen LogP contribution is 2.39. The first-order chi connectivity index (χ1) is 8.38. The van der Waals surface area contributed by atoms with Crippen LogP contribution in [-0.4, -0.2) is 5.91 Å². The number of aryl methyl sites for hydroxylation is 1. The van der Waals surface area contributed by atoms with Crippen LogP contribution in [0.15, 0.2) is 18.2 Å². The van der Waals surface area contributed by atoms with Gasteiger partial charge in [0.15, 0.2) is 0 Å². The second-order valence-electron chi connectivity index (χ2n) is 4.25. The third kappa shape index (κ3) is 2.75. The fourth-order valence-electron chi connectivity index (χ4n) is 1.79. The van der Waals surface area contributed by atoms with Crippen molar-refractivity contribution in [2.75, 3.05) is 5.32 Å². The predicted octanol–water partition coefficient (Wildman–Crippen LogP) is 3.98. The Hall–Kier alpha value is -1.30. The van der Waals surface area contributed by atoms with E-state index in [1.165, 1.54) is 0 Å². The molecule has 1 aromatic heterocycles. The van der Waals surface area contributed by atoms with Crippen molar-refractivity contribution in [2.45, 2.75) is 25.9 Å². The molecule has 1 aliphatic carbocycles. The van der Waals surface area contributed by atoms with Crippen LogP contribution in [0.3, 0.4) is 0 Å². The zero-order valence-electron chi connectivity index (χ0n) is 9.67. The second-order valence-corrected chi connectivity index (χ2v) is 5.30. The van der Waals surface area contributed by atoms with Gasteiger partial charge in [0.05, 0.1) is 5.00 Å². The molecule has 0 bridgehead atoms. The van der Waals surface area contributed by atoms with Crippen LogP contribution < -0.4 is 5.32 Å². The van der Waals surface area contributed by atoms with Gasteiger partial charge in [0, 0.05) is 5.92 Å². The largest absolute Gasteiger partial charge is 0.425 e. The number of allylic oxidation sites excluding steroid dienone is 2. The maximum Gasteiger partial charge on any atom is 0.425 e. The standard InChI is InChI=1S/C12H12F3NOS/c1-7-6-9(12(13,14)15)18-11(7)16-10(17)8-4-2-3-5-8/h2-3,6,8H,4-5H2,1H3,(H,16,17). The average Bonchev–Trinajstić information content (AvgIpc) is 2.87. The van der Waals surface area contributed by atoms with Crippen molar-refractivity contribution in [2.24, 2.45) is 5.92 Å². The second kappa shape index (κ2) is 4.76. The molecule has 6 heteroatoms. The Balaban J connectivity index is 2.09. The number of carbonyl (C=O) groups is 1. The number of anilines is 1. The predicted molar refractivity (Wildman–Crippen MR) is 64.6 cm³/mol. The summed E-state index contributed by atoms with van der Waals surface area (Å²) < 4.78 is 37.5. The molecular weight excluding hydrogens is 263 g/mol. The summed E-state index contributed by atoms with van der Waals surface area (Å²) in [6, 6.07) is 1.06. The van der Waals surface area contributed by atoms with Crippen molar-refractivity contribution < 1.29 is 18.0 Å². The van der Waals surface area contributed by atoms with E-state index in [1.54, 1.807) is 6.92 Å². The number of carbonyl (C=O) groups excluding carboxylic acids is 1. The quantitative estimate of drug-likeness (QED) is 0.813. The van der Waals surface area contributed by atoms with Crippen molar-refractivity contribution in [3.63, 3.8) is 0 Å². The maximum absolute atomic E-state index is 12.5. The van der Waals surface area contributed by atoms with Crippen LogP contribution in [0.5, 0.6) is 0 Å². The molecule has 1 heterocycles. The smallest absolute Gasteiger partial charge is 0.317 e. The fourth-order valence-corrected chi connectivity index (χ4v) is 2.73. The van der Waals surface area contributed by atoms with Gasteiger partial charge in [-0.2, -0.15) is 13.2 Å². The van der Waals surface area contributed by atoms with Gasteiger partial charge in [0.25, 0.3) is 0 Å². The van der Waals surface area contributed by atoms with E-state index in [1.807, 2.05) is 12.2 Å². The molecular formula is C12H12F3NOS. The summed E-state index contributed by atoms with van der Waals surface area (Å²) in [7, 11) is 0. The third-order valence-electron chi connectivity index (χ3n) is 2.81. The van der Waals surface area contributed by atoms with Crippen LogP contribution in [-0.2, 0) is 11.0 Å². The molecule has 98 valence electrons. The minimum atomic E-state index is -4.35. The molecule has 1 amide bonds. The Bertz CT molecular complexity index is 482. The highest BCUT2D eigenvalue weighted by Gasteiger charge is 2.33. The monoisotopic (exact) mass is 275 g/mol. The van der Waals surface area contributed by atoms with Crippen LogP contribution in [0.1, 0.15) is 23.3 Å². The fraction of sp³-hybridized carbons (Fsp3) is 0.417. The lowest BCUT2D eigenvalue weighted by molar-refractivity contribution is -0.134. The van der Waals surface area contributed by atoms with Gasteiger partial charge in [0.2, 0.25) is 5.91 Å². The van der Waals surface area contributed by atoms with E-state index < -0.39 is 11.1 Å². The number of thiophene rings is 1. The Morgan fingerprint density at radius 3 is 2.50 bits per heavy atom. The third-order valence-corrected chi connectivity index (χ3v) is 4.01. The van der Waals surface area contributed by atoms with E-state index in [0.29, 0.717) is 34.7 Å². The Labute approximate surface area is 107 Å². The van der Waals surface area contributed by atoms with Gasteiger partial charge < -0.3 is 5.32 Å². The molecule has 0 unspecified atom stereocenters. The van der Waals surface area contributed by atoms with E-state index in [-0.39, 0.29) is 11.8 Å². The molecule has 2 rings (SSSR count). The minimum absolute atomic E-state index is 0.152. The molecule has 0 aliphatic heterocycles. The summed E-state index contributed by atoms with van der Waals surface area (Å²) in [4.78, 5) is 11.1. The lowest BCUT2D eigenvalue weighted by Crippen LogP contribution is -2.20. The molecule has 0 aromatic carbocycles. The van der Waals surface area contributed by atoms with E-state index in [2.05, 4.69) is 5.32 Å². The van der Waals surface area contributed by atoms with Crippen molar-refractivity contribution in [3.8, 4) is 0 Å². The molecule has 2 nitrogen and oxygen atoms in total. The van der Waals surface area contributed by atoms with Crippen molar-refractivity contribution >= 4 is 22.2 Å². The molecule has 0 spiro atoms. The molecule has 1 N–H and O–H groups in total. The molecule has 0 atom stereocenters. The molecule has 0 fully saturated rings. The minimum Gasteiger partial charge on any atom is -0.317 e. The summed E-state index contributed by atoms with van der Waals surface area (Å²) in [5.74, 6) is -0.362. The summed E-state index contributed by atoms with van der Waals surface area (Å²) >= 11 is 0.576. The van der Waals surface area contributed by atoms with Crippen LogP contribution >= 0.6 is 11.3 Å². The summed E-state index contributed by atoms with van der Waals surface area (Å²) in [6.07, 6.45) is 0.775. The zero-order valence-corrected chi connectivity index (χ0v) is 10.5. The van der Waals surface area contributed by atoms with Gasteiger partial charge in [-0.1, -0.05) is 12.2 Å². The van der Waals surface area contributed by atoms with Crippen LogP contribution in [0.4, 0.5) is 18.2 Å². The molecule has 18 heavy (non-hydrogen) atoms. The first-order valence-corrected chi connectivity index (χ1v) is 6.33.